The molecule has 0 radical (unpaired) electrons. The zero-order chi connectivity index (χ0) is 19.1. The Morgan fingerprint density at radius 2 is 1.08 bits per heavy atom. The summed E-state index contributed by atoms with van der Waals surface area (Å²) in [6.45, 7) is 6.33. The highest BCUT2D eigenvalue weighted by molar-refractivity contribution is 5.71. The average Bonchev–Trinajstić information content (AvgIpc) is 2.58. The van der Waals surface area contributed by atoms with Gasteiger partial charge in [0.2, 0.25) is 0 Å². The van der Waals surface area contributed by atoms with Crippen LogP contribution in [0.2, 0.25) is 0 Å². The lowest BCUT2D eigenvalue weighted by molar-refractivity contribution is 0.447. The molecule has 0 aliphatic rings. The molecule has 0 N–H and O–H groups in total. The highest BCUT2D eigenvalue weighted by atomic mass is 19.2. The number of hydrogen-bond donors (Lipinski definition) is 0. The van der Waals surface area contributed by atoms with Crippen molar-refractivity contribution in [2.75, 3.05) is 0 Å². The first-order valence-electron chi connectivity index (χ1n) is 8.22. The minimum absolute atomic E-state index is 0.0119. The Balaban J connectivity index is 1.98. The number of halogens is 4. The molecule has 0 bridgehead atoms. The number of rotatable bonds is 2. The van der Waals surface area contributed by atoms with Crippen molar-refractivity contribution in [2.24, 2.45) is 0 Å². The fourth-order valence-electron chi connectivity index (χ4n) is 2.80. The predicted molar refractivity (Wildman–Crippen MR) is 95.8 cm³/mol. The van der Waals surface area contributed by atoms with E-state index < -0.39 is 23.3 Å². The van der Waals surface area contributed by atoms with Crippen molar-refractivity contribution in [3.8, 4) is 22.3 Å². The Morgan fingerprint density at radius 3 is 1.58 bits per heavy atom. The van der Waals surface area contributed by atoms with Gasteiger partial charge in [-0.1, -0.05) is 57.2 Å². The van der Waals surface area contributed by atoms with Crippen LogP contribution in [0.1, 0.15) is 26.3 Å². The van der Waals surface area contributed by atoms with Gasteiger partial charge in [-0.15, -0.1) is 0 Å². The minimum Gasteiger partial charge on any atom is -0.206 e. The lowest BCUT2D eigenvalue weighted by atomic mass is 9.86. The number of hydrogen-bond acceptors (Lipinski definition) is 0. The summed E-state index contributed by atoms with van der Waals surface area (Å²) in [5.74, 6) is -4.89. The molecule has 0 heterocycles. The Hall–Kier alpha value is -2.62. The fourth-order valence-corrected chi connectivity index (χ4v) is 2.80. The third kappa shape index (κ3) is 3.50. The molecule has 3 aromatic carbocycles. The van der Waals surface area contributed by atoms with E-state index in [0.717, 1.165) is 23.3 Å². The van der Waals surface area contributed by atoms with E-state index >= 15 is 0 Å². The minimum atomic E-state index is -1.57. The van der Waals surface area contributed by atoms with E-state index in [1.54, 1.807) is 6.07 Å². The van der Waals surface area contributed by atoms with Crippen LogP contribution in [0.25, 0.3) is 22.3 Å². The zero-order valence-corrected chi connectivity index (χ0v) is 14.7. The average molecular weight is 358 g/mol. The van der Waals surface area contributed by atoms with E-state index in [2.05, 4.69) is 20.8 Å². The van der Waals surface area contributed by atoms with E-state index in [-0.39, 0.29) is 16.5 Å². The van der Waals surface area contributed by atoms with Crippen LogP contribution in [0.15, 0.2) is 54.6 Å². The quantitative estimate of drug-likeness (QED) is 0.346. The molecule has 0 spiro atoms. The van der Waals surface area contributed by atoms with Gasteiger partial charge in [0.15, 0.2) is 17.5 Å². The summed E-state index contributed by atoms with van der Waals surface area (Å²) in [5, 5.41) is 0. The van der Waals surface area contributed by atoms with Crippen LogP contribution in [-0.2, 0) is 5.41 Å². The molecule has 0 aliphatic carbocycles. The largest absolute Gasteiger partial charge is 0.206 e. The third-order valence-corrected chi connectivity index (χ3v) is 4.35. The normalized spacial score (nSPS) is 11.7. The van der Waals surface area contributed by atoms with Crippen molar-refractivity contribution in [3.63, 3.8) is 0 Å². The van der Waals surface area contributed by atoms with Crippen LogP contribution >= 0.6 is 0 Å². The van der Waals surface area contributed by atoms with Crippen molar-refractivity contribution in [2.45, 2.75) is 26.2 Å². The Bertz CT molecular complexity index is 928. The molecule has 4 heteroatoms. The van der Waals surface area contributed by atoms with Gasteiger partial charge >= 0.3 is 0 Å². The predicted octanol–water partition coefficient (Wildman–Crippen LogP) is 6.87. The topological polar surface area (TPSA) is 0 Å². The highest BCUT2D eigenvalue weighted by Crippen LogP contribution is 2.31. The van der Waals surface area contributed by atoms with E-state index in [4.69, 9.17) is 0 Å². The Kier molecular flexibility index (Phi) is 4.61. The van der Waals surface area contributed by atoms with Crippen LogP contribution in [0.5, 0.6) is 0 Å². The van der Waals surface area contributed by atoms with E-state index in [1.165, 1.54) is 12.1 Å². The first-order valence-corrected chi connectivity index (χ1v) is 8.22. The van der Waals surface area contributed by atoms with Crippen molar-refractivity contribution in [1.82, 2.24) is 0 Å². The van der Waals surface area contributed by atoms with Gasteiger partial charge in [-0.3, -0.25) is 0 Å². The summed E-state index contributed by atoms with van der Waals surface area (Å²) in [7, 11) is 0. The lowest BCUT2D eigenvalue weighted by Crippen LogP contribution is -2.10. The van der Waals surface area contributed by atoms with E-state index in [9.17, 15) is 17.6 Å². The fraction of sp³-hybridized carbons (Fsp3) is 0.182. The summed E-state index contributed by atoms with van der Waals surface area (Å²) in [5.41, 5.74) is 2.63. The molecule has 0 unspecified atom stereocenters. The molecule has 134 valence electrons. The molecule has 0 saturated heterocycles. The summed E-state index contributed by atoms with van der Waals surface area (Å²) in [6.07, 6.45) is 0. The van der Waals surface area contributed by atoms with Crippen molar-refractivity contribution in [1.29, 1.82) is 0 Å². The van der Waals surface area contributed by atoms with E-state index in [1.807, 2.05) is 24.3 Å². The van der Waals surface area contributed by atoms with Gasteiger partial charge in [0.1, 0.15) is 5.82 Å². The number of benzene rings is 3. The van der Waals surface area contributed by atoms with Crippen molar-refractivity contribution in [3.05, 3.63) is 83.4 Å². The first kappa shape index (κ1) is 18.2. The smallest absolute Gasteiger partial charge is 0.194 e. The zero-order valence-electron chi connectivity index (χ0n) is 14.7. The molecule has 0 amide bonds. The summed E-state index contributed by atoms with van der Waals surface area (Å²) >= 11 is 0. The summed E-state index contributed by atoms with van der Waals surface area (Å²) < 4.78 is 54.4. The Morgan fingerprint density at radius 1 is 0.577 bits per heavy atom. The monoisotopic (exact) mass is 358 g/mol. The second kappa shape index (κ2) is 6.60. The molecule has 3 aromatic rings. The SMILES string of the molecule is CC(C)(C)c1ccc(-c2ccc(-c3cc(F)c(F)c(F)c3)c(F)c2)cc1. The Labute approximate surface area is 150 Å². The van der Waals surface area contributed by atoms with Gasteiger partial charge in [-0.25, -0.2) is 17.6 Å². The van der Waals surface area contributed by atoms with Gasteiger partial charge in [-0.05, 0) is 45.9 Å². The van der Waals surface area contributed by atoms with Crippen molar-refractivity contribution >= 4 is 0 Å². The van der Waals surface area contributed by atoms with Gasteiger partial charge in [0.05, 0.1) is 0 Å². The maximum Gasteiger partial charge on any atom is 0.194 e. The van der Waals surface area contributed by atoms with Crippen LogP contribution < -0.4 is 0 Å². The maximum atomic E-state index is 14.5. The van der Waals surface area contributed by atoms with E-state index in [0.29, 0.717) is 5.56 Å². The standard InChI is InChI=1S/C22H18F4/c1-22(2,3)16-7-4-13(5-8-16)14-6-9-17(18(23)10-14)15-11-19(24)21(26)20(25)12-15/h4-12H,1-3H3. The van der Waals surface area contributed by atoms with Gasteiger partial charge in [0, 0.05) is 5.56 Å². The third-order valence-electron chi connectivity index (χ3n) is 4.35. The molecule has 0 atom stereocenters. The summed E-state index contributed by atoms with van der Waals surface area (Å²) in [4.78, 5) is 0. The van der Waals surface area contributed by atoms with Crippen LogP contribution in [0.4, 0.5) is 17.6 Å². The first-order chi connectivity index (χ1) is 12.2. The second-order valence-electron chi connectivity index (χ2n) is 7.28. The molecular weight excluding hydrogens is 340 g/mol. The van der Waals surface area contributed by atoms with Crippen LogP contribution in [0.3, 0.4) is 0 Å². The van der Waals surface area contributed by atoms with Crippen molar-refractivity contribution < 1.29 is 17.6 Å². The molecule has 3 rings (SSSR count). The molecular formula is C22H18F4. The van der Waals surface area contributed by atoms with Gasteiger partial charge in [-0.2, -0.15) is 0 Å². The molecule has 0 aromatic heterocycles. The lowest BCUT2D eigenvalue weighted by Gasteiger charge is -2.19. The molecule has 0 aliphatic heterocycles. The van der Waals surface area contributed by atoms with Crippen LogP contribution in [-0.4, -0.2) is 0 Å². The molecule has 0 fully saturated rings. The molecule has 26 heavy (non-hydrogen) atoms. The summed E-state index contributed by atoms with van der Waals surface area (Å²) in [6, 6.07) is 13.8. The van der Waals surface area contributed by atoms with Crippen LogP contribution in [0, 0.1) is 23.3 Å². The molecule has 0 nitrogen and oxygen atoms in total. The van der Waals surface area contributed by atoms with Gasteiger partial charge in [0.25, 0.3) is 0 Å². The maximum absolute atomic E-state index is 14.5. The second-order valence-corrected chi connectivity index (χ2v) is 7.28. The highest BCUT2D eigenvalue weighted by Gasteiger charge is 2.16. The van der Waals surface area contributed by atoms with Gasteiger partial charge < -0.3 is 0 Å². The molecule has 0 saturated carbocycles.